The summed E-state index contributed by atoms with van der Waals surface area (Å²) in [6.07, 6.45) is 1.55. The smallest absolute Gasteiger partial charge is 0.239 e. The molecule has 2 heterocycles. The maximum absolute atomic E-state index is 11.2. The van der Waals surface area contributed by atoms with E-state index in [1.807, 2.05) is 4.90 Å². The molecular formula is C11H13N3O2. The van der Waals surface area contributed by atoms with E-state index < -0.39 is 0 Å². The maximum atomic E-state index is 11.2. The Labute approximate surface area is 93.5 Å². The zero-order valence-electron chi connectivity index (χ0n) is 9.06. The number of nitrogens with one attached hydrogen (secondary N) is 1. The van der Waals surface area contributed by atoms with Gasteiger partial charge in [-0.15, -0.1) is 0 Å². The number of aromatic nitrogens is 1. The first-order valence-electron chi connectivity index (χ1n) is 5.15. The van der Waals surface area contributed by atoms with Crippen LogP contribution in [0.4, 0.5) is 5.82 Å². The molecule has 0 bridgehead atoms. The Kier molecular flexibility index (Phi) is 2.85. The Hall–Kier alpha value is -1.91. The number of carbonyl (C=O) groups excluding carboxylic acids is 2. The van der Waals surface area contributed by atoms with Gasteiger partial charge in [-0.2, -0.15) is 0 Å². The lowest BCUT2D eigenvalue weighted by Gasteiger charge is -2.27. The monoisotopic (exact) mass is 219 g/mol. The van der Waals surface area contributed by atoms with Crippen LogP contribution >= 0.6 is 0 Å². The van der Waals surface area contributed by atoms with E-state index in [2.05, 4.69) is 10.3 Å². The van der Waals surface area contributed by atoms with Gasteiger partial charge in [0.1, 0.15) is 5.82 Å². The van der Waals surface area contributed by atoms with Gasteiger partial charge in [0.15, 0.2) is 5.78 Å². The molecule has 0 aromatic carbocycles. The number of carbonyl (C=O) groups is 2. The molecule has 0 saturated carbocycles. The van der Waals surface area contributed by atoms with Gasteiger partial charge in [-0.3, -0.25) is 9.59 Å². The summed E-state index contributed by atoms with van der Waals surface area (Å²) >= 11 is 0. The molecule has 5 nitrogen and oxygen atoms in total. The number of Topliss-reactive ketones (excluding diaryl/α,β-unsaturated/α-hetero) is 1. The fourth-order valence-corrected chi connectivity index (χ4v) is 1.62. The van der Waals surface area contributed by atoms with Crippen molar-refractivity contribution in [2.24, 2.45) is 0 Å². The Balaban J connectivity index is 2.14. The number of ketones is 1. The summed E-state index contributed by atoms with van der Waals surface area (Å²) in [6.45, 7) is 3.21. The minimum Gasteiger partial charge on any atom is -0.353 e. The fraction of sp³-hybridized carbons (Fsp3) is 0.364. The van der Waals surface area contributed by atoms with Crippen LogP contribution in [0.5, 0.6) is 0 Å². The van der Waals surface area contributed by atoms with Crippen molar-refractivity contribution in [3.63, 3.8) is 0 Å². The van der Waals surface area contributed by atoms with E-state index in [1.165, 1.54) is 6.92 Å². The van der Waals surface area contributed by atoms with Crippen LogP contribution in [0, 0.1) is 0 Å². The summed E-state index contributed by atoms with van der Waals surface area (Å²) in [7, 11) is 0. The second-order valence-electron chi connectivity index (χ2n) is 3.73. The summed E-state index contributed by atoms with van der Waals surface area (Å²) in [5, 5.41) is 2.75. The Bertz CT molecular complexity index is 414. The van der Waals surface area contributed by atoms with E-state index in [9.17, 15) is 9.59 Å². The van der Waals surface area contributed by atoms with Crippen molar-refractivity contribution in [2.75, 3.05) is 24.5 Å². The van der Waals surface area contributed by atoms with Crippen LogP contribution < -0.4 is 10.2 Å². The number of amides is 1. The Morgan fingerprint density at radius 1 is 1.50 bits per heavy atom. The van der Waals surface area contributed by atoms with E-state index in [1.54, 1.807) is 18.3 Å². The number of hydrogen-bond acceptors (Lipinski definition) is 4. The van der Waals surface area contributed by atoms with Gasteiger partial charge >= 0.3 is 0 Å². The van der Waals surface area contributed by atoms with Gasteiger partial charge in [0.25, 0.3) is 0 Å². The molecule has 0 aliphatic carbocycles. The lowest BCUT2D eigenvalue weighted by molar-refractivity contribution is -0.120. The topological polar surface area (TPSA) is 62.3 Å². The van der Waals surface area contributed by atoms with Crippen molar-refractivity contribution < 1.29 is 9.59 Å². The zero-order valence-corrected chi connectivity index (χ0v) is 9.06. The summed E-state index contributed by atoms with van der Waals surface area (Å²) in [4.78, 5) is 28.3. The quantitative estimate of drug-likeness (QED) is 0.723. The van der Waals surface area contributed by atoms with Crippen molar-refractivity contribution in [2.45, 2.75) is 6.92 Å². The van der Waals surface area contributed by atoms with Crippen molar-refractivity contribution in [3.8, 4) is 0 Å². The average molecular weight is 219 g/mol. The molecule has 1 aliphatic rings. The van der Waals surface area contributed by atoms with Gasteiger partial charge in [-0.1, -0.05) is 0 Å². The van der Waals surface area contributed by atoms with Gasteiger partial charge < -0.3 is 10.2 Å². The molecule has 0 radical (unpaired) electrons. The number of nitrogens with zero attached hydrogens (tertiary/aromatic N) is 2. The fourth-order valence-electron chi connectivity index (χ4n) is 1.62. The predicted octanol–water partition coefficient (Wildman–Crippen LogP) is 0.220. The molecule has 5 heteroatoms. The average Bonchev–Trinajstić information content (AvgIpc) is 2.29. The highest BCUT2D eigenvalue weighted by Gasteiger charge is 2.17. The molecule has 84 valence electrons. The minimum atomic E-state index is -0.00422. The normalized spacial score (nSPS) is 15.8. The van der Waals surface area contributed by atoms with Gasteiger partial charge in [-0.25, -0.2) is 4.98 Å². The summed E-state index contributed by atoms with van der Waals surface area (Å²) in [6, 6.07) is 3.51. The second kappa shape index (κ2) is 4.30. The molecule has 1 N–H and O–H groups in total. The third-order valence-electron chi connectivity index (χ3n) is 2.52. The van der Waals surface area contributed by atoms with Crippen LogP contribution in [-0.2, 0) is 4.79 Å². The number of hydrogen-bond donors (Lipinski definition) is 1. The molecule has 0 spiro atoms. The number of rotatable bonds is 2. The lowest BCUT2D eigenvalue weighted by Crippen LogP contribution is -2.48. The molecule has 16 heavy (non-hydrogen) atoms. The largest absolute Gasteiger partial charge is 0.353 e. The highest BCUT2D eigenvalue weighted by atomic mass is 16.2. The lowest BCUT2D eigenvalue weighted by atomic mass is 10.2. The van der Waals surface area contributed by atoms with E-state index in [0.717, 1.165) is 12.4 Å². The van der Waals surface area contributed by atoms with Crippen LogP contribution in [-0.4, -0.2) is 36.3 Å². The molecule has 1 fully saturated rings. The van der Waals surface area contributed by atoms with Crippen LogP contribution in [0.25, 0.3) is 0 Å². The molecule has 1 amide bonds. The zero-order chi connectivity index (χ0) is 11.5. The SMILES string of the molecule is CC(=O)c1ccc(N2CCNC(=O)C2)nc1. The van der Waals surface area contributed by atoms with Crippen molar-refractivity contribution >= 4 is 17.5 Å². The van der Waals surface area contributed by atoms with Gasteiger partial charge in [0.05, 0.1) is 6.54 Å². The summed E-state index contributed by atoms with van der Waals surface area (Å²) < 4.78 is 0. The van der Waals surface area contributed by atoms with Gasteiger partial charge in [0.2, 0.25) is 5.91 Å². The maximum Gasteiger partial charge on any atom is 0.239 e. The molecule has 1 saturated heterocycles. The molecule has 0 atom stereocenters. The Morgan fingerprint density at radius 3 is 2.88 bits per heavy atom. The minimum absolute atomic E-state index is 0.00342. The highest BCUT2D eigenvalue weighted by molar-refractivity contribution is 5.93. The standard InChI is InChI=1S/C11H13N3O2/c1-8(15)9-2-3-10(13-6-9)14-5-4-12-11(16)7-14/h2-3,6H,4-5,7H2,1H3,(H,12,16). The third kappa shape index (κ3) is 2.18. The molecule has 1 aromatic rings. The predicted molar refractivity (Wildman–Crippen MR) is 59.5 cm³/mol. The molecule has 2 rings (SSSR count). The van der Waals surface area contributed by atoms with Crippen molar-refractivity contribution in [3.05, 3.63) is 23.9 Å². The van der Waals surface area contributed by atoms with E-state index in [-0.39, 0.29) is 11.7 Å². The molecular weight excluding hydrogens is 206 g/mol. The third-order valence-corrected chi connectivity index (χ3v) is 2.52. The first-order chi connectivity index (χ1) is 7.66. The van der Waals surface area contributed by atoms with Crippen LogP contribution in [0.1, 0.15) is 17.3 Å². The number of piperazine rings is 1. The van der Waals surface area contributed by atoms with Crippen molar-refractivity contribution in [1.29, 1.82) is 0 Å². The molecule has 1 aliphatic heterocycles. The van der Waals surface area contributed by atoms with E-state index in [4.69, 9.17) is 0 Å². The number of anilines is 1. The Morgan fingerprint density at radius 2 is 2.31 bits per heavy atom. The molecule has 1 aromatic heterocycles. The molecule has 0 unspecified atom stereocenters. The van der Waals surface area contributed by atoms with Gasteiger partial charge in [0, 0.05) is 24.8 Å². The first kappa shape index (κ1) is 10.6. The van der Waals surface area contributed by atoms with Gasteiger partial charge in [-0.05, 0) is 19.1 Å². The van der Waals surface area contributed by atoms with Crippen LogP contribution in [0.3, 0.4) is 0 Å². The van der Waals surface area contributed by atoms with Crippen LogP contribution in [0.15, 0.2) is 18.3 Å². The summed E-state index contributed by atoms with van der Waals surface area (Å²) in [5.74, 6) is 0.735. The van der Waals surface area contributed by atoms with E-state index in [0.29, 0.717) is 18.7 Å². The van der Waals surface area contributed by atoms with E-state index >= 15 is 0 Å². The summed E-state index contributed by atoms with van der Waals surface area (Å²) in [5.41, 5.74) is 0.588. The number of pyridine rings is 1. The second-order valence-corrected chi connectivity index (χ2v) is 3.73. The van der Waals surface area contributed by atoms with Crippen LogP contribution in [0.2, 0.25) is 0 Å². The highest BCUT2D eigenvalue weighted by Crippen LogP contribution is 2.12. The first-order valence-corrected chi connectivity index (χ1v) is 5.15. The van der Waals surface area contributed by atoms with Crippen molar-refractivity contribution in [1.82, 2.24) is 10.3 Å².